The number of ether oxygens (including phenoxy) is 2. The number of para-hydroxylation sites is 1. The number of amides is 1. The molecule has 2 heterocycles. The average molecular weight is 343 g/mol. The molecule has 0 aliphatic carbocycles. The van der Waals surface area contributed by atoms with Gasteiger partial charge < -0.3 is 18.8 Å². The molecule has 1 saturated heterocycles. The molecule has 0 spiro atoms. The van der Waals surface area contributed by atoms with Crippen LogP contribution in [0.15, 0.2) is 34.7 Å². The summed E-state index contributed by atoms with van der Waals surface area (Å²) in [6, 6.07) is 9.68. The molecular weight excluding hydrogens is 318 g/mol. The average Bonchev–Trinajstić information content (AvgIpc) is 3.07. The van der Waals surface area contributed by atoms with Crippen molar-refractivity contribution in [1.82, 2.24) is 4.90 Å². The quantitative estimate of drug-likeness (QED) is 0.830. The fourth-order valence-corrected chi connectivity index (χ4v) is 3.20. The number of nitrogens with zero attached hydrogens (tertiary/aromatic N) is 1. The third kappa shape index (κ3) is 4.04. The van der Waals surface area contributed by atoms with Crippen LogP contribution in [0.25, 0.3) is 0 Å². The Labute approximate surface area is 148 Å². The molecule has 1 aromatic carbocycles. The molecule has 1 aliphatic rings. The van der Waals surface area contributed by atoms with Crippen LogP contribution < -0.4 is 4.74 Å². The predicted octanol–water partition coefficient (Wildman–Crippen LogP) is 3.73. The van der Waals surface area contributed by atoms with Gasteiger partial charge in [0.2, 0.25) is 0 Å². The molecule has 1 aromatic heterocycles. The maximum atomic E-state index is 12.5. The van der Waals surface area contributed by atoms with Crippen LogP contribution in [0.4, 0.5) is 0 Å². The van der Waals surface area contributed by atoms with Crippen molar-refractivity contribution in [3.8, 4) is 5.75 Å². The molecule has 1 fully saturated rings. The van der Waals surface area contributed by atoms with Crippen LogP contribution in [-0.4, -0.2) is 37.1 Å². The minimum atomic E-state index is -0.0622. The topological polar surface area (TPSA) is 51.9 Å². The summed E-state index contributed by atoms with van der Waals surface area (Å²) in [6.07, 6.45) is 1.79. The Hall–Kier alpha value is -2.27. The number of aryl methyl sites for hydroxylation is 2. The number of methoxy groups -OCH3 is 1. The Morgan fingerprint density at radius 3 is 2.48 bits per heavy atom. The van der Waals surface area contributed by atoms with Gasteiger partial charge in [-0.05, 0) is 37.1 Å². The lowest BCUT2D eigenvalue weighted by Gasteiger charge is -2.32. The smallest absolute Gasteiger partial charge is 0.289 e. The maximum Gasteiger partial charge on any atom is 0.289 e. The third-order valence-corrected chi connectivity index (χ3v) is 4.58. The lowest BCUT2D eigenvalue weighted by molar-refractivity contribution is 0.0558. The molecule has 0 unspecified atom stereocenters. The highest BCUT2D eigenvalue weighted by atomic mass is 16.5. The standard InChI is InChI=1S/C20H25NO4/c1-14-5-4-6-15(2)19(14)25-16-9-11-21(12-10-16)20(22)18-8-7-17(24-18)13-23-3/h4-8,16H,9-13H2,1-3H3. The van der Waals surface area contributed by atoms with Crippen molar-refractivity contribution in [2.24, 2.45) is 0 Å². The van der Waals surface area contributed by atoms with Crippen molar-refractivity contribution in [1.29, 1.82) is 0 Å². The summed E-state index contributed by atoms with van der Waals surface area (Å²) in [6.45, 7) is 5.85. The second kappa shape index (κ2) is 7.74. The summed E-state index contributed by atoms with van der Waals surface area (Å²) < 4.78 is 16.8. The Morgan fingerprint density at radius 1 is 1.16 bits per heavy atom. The summed E-state index contributed by atoms with van der Waals surface area (Å²) in [5, 5.41) is 0. The summed E-state index contributed by atoms with van der Waals surface area (Å²) in [7, 11) is 1.60. The van der Waals surface area contributed by atoms with Gasteiger partial charge in [-0.3, -0.25) is 4.79 Å². The second-order valence-corrected chi connectivity index (χ2v) is 6.53. The number of hydrogen-bond donors (Lipinski definition) is 0. The Balaban J connectivity index is 1.57. The molecule has 5 nitrogen and oxygen atoms in total. The molecule has 0 radical (unpaired) electrons. The van der Waals surface area contributed by atoms with Gasteiger partial charge in [-0.2, -0.15) is 0 Å². The summed E-state index contributed by atoms with van der Waals surface area (Å²) in [5.74, 6) is 1.95. The molecule has 0 N–H and O–H groups in total. The number of hydrogen-bond acceptors (Lipinski definition) is 4. The number of likely N-dealkylation sites (tertiary alicyclic amines) is 1. The van der Waals surface area contributed by atoms with Gasteiger partial charge in [0.25, 0.3) is 5.91 Å². The van der Waals surface area contributed by atoms with Crippen LogP contribution in [0, 0.1) is 13.8 Å². The number of piperidine rings is 1. The van der Waals surface area contributed by atoms with E-state index in [9.17, 15) is 4.79 Å². The highest BCUT2D eigenvalue weighted by molar-refractivity contribution is 5.91. The van der Waals surface area contributed by atoms with Gasteiger partial charge >= 0.3 is 0 Å². The molecule has 2 aromatic rings. The van der Waals surface area contributed by atoms with Crippen molar-refractivity contribution >= 4 is 5.91 Å². The van der Waals surface area contributed by atoms with Crippen molar-refractivity contribution in [3.63, 3.8) is 0 Å². The zero-order valence-corrected chi connectivity index (χ0v) is 15.1. The third-order valence-electron chi connectivity index (χ3n) is 4.58. The van der Waals surface area contributed by atoms with E-state index in [0.29, 0.717) is 31.2 Å². The van der Waals surface area contributed by atoms with Crippen molar-refractivity contribution in [3.05, 3.63) is 53.0 Å². The van der Waals surface area contributed by atoms with Crippen molar-refractivity contribution in [2.75, 3.05) is 20.2 Å². The molecule has 0 bridgehead atoms. The summed E-state index contributed by atoms with van der Waals surface area (Å²) >= 11 is 0. The first kappa shape index (κ1) is 17.5. The number of carbonyl (C=O) groups is 1. The van der Waals surface area contributed by atoms with E-state index in [1.54, 1.807) is 19.2 Å². The first-order chi connectivity index (χ1) is 12.1. The van der Waals surface area contributed by atoms with Crippen LogP contribution in [0.3, 0.4) is 0 Å². The number of carbonyl (C=O) groups excluding carboxylic acids is 1. The zero-order chi connectivity index (χ0) is 17.8. The van der Waals surface area contributed by atoms with Crippen LogP contribution in [0.2, 0.25) is 0 Å². The van der Waals surface area contributed by atoms with E-state index in [1.807, 2.05) is 11.0 Å². The molecule has 25 heavy (non-hydrogen) atoms. The van der Waals surface area contributed by atoms with Gasteiger partial charge in [-0.15, -0.1) is 0 Å². The minimum absolute atomic E-state index is 0.0622. The number of furan rings is 1. The summed E-state index contributed by atoms with van der Waals surface area (Å²) in [5.41, 5.74) is 2.31. The molecule has 1 aliphatic heterocycles. The molecule has 3 rings (SSSR count). The Bertz CT molecular complexity index is 709. The Kier molecular flexibility index (Phi) is 5.43. The highest BCUT2D eigenvalue weighted by Crippen LogP contribution is 2.26. The van der Waals surface area contributed by atoms with E-state index < -0.39 is 0 Å². The van der Waals surface area contributed by atoms with E-state index >= 15 is 0 Å². The van der Waals surface area contributed by atoms with Gasteiger partial charge in [0.05, 0.1) is 0 Å². The Morgan fingerprint density at radius 2 is 1.84 bits per heavy atom. The monoisotopic (exact) mass is 343 g/mol. The van der Waals surface area contributed by atoms with Crippen LogP contribution in [0.5, 0.6) is 5.75 Å². The lowest BCUT2D eigenvalue weighted by Crippen LogP contribution is -2.41. The zero-order valence-electron chi connectivity index (χ0n) is 15.1. The largest absolute Gasteiger partial charge is 0.490 e. The van der Waals surface area contributed by atoms with Gasteiger partial charge in [0.15, 0.2) is 5.76 Å². The van der Waals surface area contributed by atoms with E-state index in [1.165, 1.54) is 0 Å². The van der Waals surface area contributed by atoms with E-state index in [2.05, 4.69) is 26.0 Å². The molecular formula is C20H25NO4. The number of benzene rings is 1. The fourth-order valence-electron chi connectivity index (χ4n) is 3.20. The molecule has 134 valence electrons. The van der Waals surface area contributed by atoms with E-state index in [4.69, 9.17) is 13.9 Å². The highest BCUT2D eigenvalue weighted by Gasteiger charge is 2.27. The first-order valence-corrected chi connectivity index (χ1v) is 8.68. The molecule has 0 atom stereocenters. The second-order valence-electron chi connectivity index (χ2n) is 6.53. The van der Waals surface area contributed by atoms with Crippen LogP contribution >= 0.6 is 0 Å². The van der Waals surface area contributed by atoms with Gasteiger partial charge in [0.1, 0.15) is 24.2 Å². The van der Waals surface area contributed by atoms with Gasteiger partial charge in [0, 0.05) is 33.0 Å². The minimum Gasteiger partial charge on any atom is -0.490 e. The molecule has 1 amide bonds. The van der Waals surface area contributed by atoms with Crippen LogP contribution in [-0.2, 0) is 11.3 Å². The first-order valence-electron chi connectivity index (χ1n) is 8.68. The molecule has 0 saturated carbocycles. The number of rotatable bonds is 5. The SMILES string of the molecule is COCc1ccc(C(=O)N2CCC(Oc3c(C)cccc3C)CC2)o1. The summed E-state index contributed by atoms with van der Waals surface area (Å²) in [4.78, 5) is 14.4. The maximum absolute atomic E-state index is 12.5. The molecule has 5 heteroatoms. The van der Waals surface area contributed by atoms with Gasteiger partial charge in [-0.1, -0.05) is 18.2 Å². The predicted molar refractivity (Wildman–Crippen MR) is 94.9 cm³/mol. The van der Waals surface area contributed by atoms with E-state index in [-0.39, 0.29) is 12.0 Å². The van der Waals surface area contributed by atoms with Crippen LogP contribution in [0.1, 0.15) is 40.3 Å². The van der Waals surface area contributed by atoms with Crippen molar-refractivity contribution in [2.45, 2.75) is 39.4 Å². The fraction of sp³-hybridized carbons (Fsp3) is 0.450. The lowest BCUT2D eigenvalue weighted by atomic mass is 10.1. The normalized spacial score (nSPS) is 15.4. The van der Waals surface area contributed by atoms with E-state index in [0.717, 1.165) is 29.7 Å². The van der Waals surface area contributed by atoms with Gasteiger partial charge in [-0.25, -0.2) is 0 Å². The van der Waals surface area contributed by atoms with Crippen molar-refractivity contribution < 1.29 is 18.7 Å².